The summed E-state index contributed by atoms with van der Waals surface area (Å²) in [5.74, 6) is -0.326. The van der Waals surface area contributed by atoms with Gasteiger partial charge in [-0.1, -0.05) is 25.1 Å². The summed E-state index contributed by atoms with van der Waals surface area (Å²) < 4.78 is 1.19. The molecule has 6 heteroatoms. The van der Waals surface area contributed by atoms with E-state index >= 15 is 0 Å². The summed E-state index contributed by atoms with van der Waals surface area (Å²) in [4.78, 5) is 37.1. The van der Waals surface area contributed by atoms with E-state index in [-0.39, 0.29) is 12.5 Å². The highest BCUT2D eigenvalue weighted by Crippen LogP contribution is 2.04. The third kappa shape index (κ3) is 3.23. The molecule has 1 aromatic carbocycles. The fraction of sp³-hybridized carbons (Fsp3) is 0.214. The Kier molecular flexibility index (Phi) is 4.14. The van der Waals surface area contributed by atoms with Gasteiger partial charge >= 0.3 is 5.69 Å². The lowest BCUT2D eigenvalue weighted by atomic mass is 10.2. The average molecular weight is 273 g/mol. The number of amides is 1. The van der Waals surface area contributed by atoms with Crippen LogP contribution in [-0.4, -0.2) is 15.5 Å². The molecule has 2 N–H and O–H groups in total. The van der Waals surface area contributed by atoms with E-state index in [0.717, 1.165) is 0 Å². The molecule has 20 heavy (non-hydrogen) atoms. The van der Waals surface area contributed by atoms with Crippen LogP contribution in [0.3, 0.4) is 0 Å². The van der Waals surface area contributed by atoms with Crippen LogP contribution < -0.4 is 16.6 Å². The topological polar surface area (TPSA) is 84.0 Å². The standard InChI is InChI=1S/C14H15N3O3/c1-2-10-8-17(14(20)16-13(10)19)9-12(18)15-11-6-4-3-5-7-11/h3-8H,2,9H2,1H3,(H,15,18)(H,16,19,20). The van der Waals surface area contributed by atoms with Crippen LogP contribution in [0.15, 0.2) is 46.1 Å². The van der Waals surface area contributed by atoms with Crippen molar-refractivity contribution in [2.45, 2.75) is 19.9 Å². The molecule has 0 atom stereocenters. The zero-order valence-electron chi connectivity index (χ0n) is 11.1. The minimum atomic E-state index is -0.588. The first-order chi connectivity index (χ1) is 9.60. The Morgan fingerprint density at radius 2 is 1.95 bits per heavy atom. The molecule has 0 spiro atoms. The lowest BCUT2D eigenvalue weighted by molar-refractivity contribution is -0.116. The zero-order chi connectivity index (χ0) is 14.5. The third-order valence-electron chi connectivity index (χ3n) is 2.84. The van der Waals surface area contributed by atoms with Crippen LogP contribution in [0.5, 0.6) is 0 Å². The van der Waals surface area contributed by atoms with Crippen molar-refractivity contribution >= 4 is 11.6 Å². The van der Waals surface area contributed by atoms with Crippen molar-refractivity contribution in [2.24, 2.45) is 0 Å². The number of hydrogen-bond donors (Lipinski definition) is 2. The second-order valence-electron chi connectivity index (χ2n) is 4.31. The van der Waals surface area contributed by atoms with E-state index < -0.39 is 11.2 Å². The van der Waals surface area contributed by atoms with Crippen molar-refractivity contribution in [1.29, 1.82) is 0 Å². The highest BCUT2D eigenvalue weighted by atomic mass is 16.2. The Morgan fingerprint density at radius 3 is 2.60 bits per heavy atom. The van der Waals surface area contributed by atoms with E-state index in [1.807, 2.05) is 13.0 Å². The van der Waals surface area contributed by atoms with E-state index in [2.05, 4.69) is 10.3 Å². The van der Waals surface area contributed by atoms with E-state index in [1.54, 1.807) is 24.3 Å². The molecule has 2 aromatic rings. The van der Waals surface area contributed by atoms with Crippen molar-refractivity contribution in [1.82, 2.24) is 9.55 Å². The normalized spacial score (nSPS) is 10.2. The fourth-order valence-corrected chi connectivity index (χ4v) is 1.80. The lowest BCUT2D eigenvalue weighted by Crippen LogP contribution is -2.34. The third-order valence-corrected chi connectivity index (χ3v) is 2.84. The van der Waals surface area contributed by atoms with Crippen LogP contribution in [0.2, 0.25) is 0 Å². The van der Waals surface area contributed by atoms with Crippen LogP contribution in [0, 0.1) is 0 Å². The minimum Gasteiger partial charge on any atom is -0.325 e. The Hall–Kier alpha value is -2.63. The predicted octanol–water partition coefficient (Wildman–Crippen LogP) is 0.738. The van der Waals surface area contributed by atoms with E-state index in [4.69, 9.17) is 0 Å². The second kappa shape index (κ2) is 6.01. The predicted molar refractivity (Wildman–Crippen MR) is 75.8 cm³/mol. The summed E-state index contributed by atoms with van der Waals surface area (Å²) in [6.07, 6.45) is 1.92. The van der Waals surface area contributed by atoms with Gasteiger partial charge in [-0.15, -0.1) is 0 Å². The number of para-hydroxylation sites is 1. The molecule has 1 aromatic heterocycles. The molecule has 0 saturated heterocycles. The molecule has 0 fully saturated rings. The van der Waals surface area contributed by atoms with E-state index in [1.165, 1.54) is 10.8 Å². The number of carbonyl (C=O) groups is 1. The zero-order valence-corrected chi connectivity index (χ0v) is 11.1. The number of anilines is 1. The molecule has 2 rings (SSSR count). The number of carbonyl (C=O) groups excluding carboxylic acids is 1. The summed E-state index contributed by atoms with van der Waals surface area (Å²) in [5, 5.41) is 2.68. The van der Waals surface area contributed by atoms with Crippen molar-refractivity contribution in [3.05, 3.63) is 62.9 Å². The smallest absolute Gasteiger partial charge is 0.325 e. The number of H-pyrrole nitrogens is 1. The van der Waals surface area contributed by atoms with Crippen molar-refractivity contribution < 1.29 is 4.79 Å². The fourth-order valence-electron chi connectivity index (χ4n) is 1.80. The summed E-state index contributed by atoms with van der Waals surface area (Å²) in [5.41, 5.74) is 0.135. The Labute approximate surface area is 115 Å². The molecule has 0 aliphatic carbocycles. The number of aryl methyl sites for hydroxylation is 1. The Bertz CT molecular complexity index is 716. The molecule has 0 aliphatic rings. The van der Waals surface area contributed by atoms with Crippen molar-refractivity contribution in [3.63, 3.8) is 0 Å². The molecule has 0 radical (unpaired) electrons. The van der Waals surface area contributed by atoms with Gasteiger partial charge in [0.15, 0.2) is 0 Å². The van der Waals surface area contributed by atoms with Crippen molar-refractivity contribution in [3.8, 4) is 0 Å². The summed E-state index contributed by atoms with van der Waals surface area (Å²) in [6, 6.07) is 8.96. The molecule has 1 amide bonds. The first-order valence-electron chi connectivity index (χ1n) is 6.27. The molecule has 0 aliphatic heterocycles. The van der Waals surface area contributed by atoms with Gasteiger partial charge in [-0.2, -0.15) is 0 Å². The molecule has 0 bridgehead atoms. The number of aromatic nitrogens is 2. The number of hydrogen-bond acceptors (Lipinski definition) is 3. The molecular weight excluding hydrogens is 258 g/mol. The van der Waals surface area contributed by atoms with E-state index in [9.17, 15) is 14.4 Å². The van der Waals surface area contributed by atoms with Gasteiger partial charge in [0.1, 0.15) is 6.54 Å². The maximum absolute atomic E-state index is 11.9. The maximum atomic E-state index is 11.9. The molecule has 6 nitrogen and oxygen atoms in total. The number of nitrogens with one attached hydrogen (secondary N) is 2. The highest BCUT2D eigenvalue weighted by Gasteiger charge is 2.07. The average Bonchev–Trinajstić information content (AvgIpc) is 2.43. The quantitative estimate of drug-likeness (QED) is 0.861. The van der Waals surface area contributed by atoms with Gasteiger partial charge in [0.25, 0.3) is 5.56 Å². The largest absolute Gasteiger partial charge is 0.328 e. The van der Waals surface area contributed by atoms with Crippen molar-refractivity contribution in [2.75, 3.05) is 5.32 Å². The molecule has 0 saturated carbocycles. The number of rotatable bonds is 4. The van der Waals surface area contributed by atoms with E-state index in [0.29, 0.717) is 17.7 Å². The molecule has 104 valence electrons. The number of aromatic amines is 1. The van der Waals surface area contributed by atoms with Crippen LogP contribution in [0.1, 0.15) is 12.5 Å². The summed E-state index contributed by atoms with van der Waals surface area (Å²) in [6.45, 7) is 1.67. The Balaban J connectivity index is 2.16. The van der Waals surface area contributed by atoms with Gasteiger partial charge in [-0.05, 0) is 18.6 Å². The monoisotopic (exact) mass is 273 g/mol. The van der Waals surface area contributed by atoms with Crippen LogP contribution >= 0.6 is 0 Å². The second-order valence-corrected chi connectivity index (χ2v) is 4.31. The van der Waals surface area contributed by atoms with Gasteiger partial charge in [-0.25, -0.2) is 4.79 Å². The van der Waals surface area contributed by atoms with Gasteiger partial charge in [0.2, 0.25) is 5.91 Å². The highest BCUT2D eigenvalue weighted by molar-refractivity contribution is 5.90. The van der Waals surface area contributed by atoms with Crippen LogP contribution in [-0.2, 0) is 17.8 Å². The number of nitrogens with zero attached hydrogens (tertiary/aromatic N) is 1. The van der Waals surface area contributed by atoms with Gasteiger partial charge < -0.3 is 5.32 Å². The Morgan fingerprint density at radius 1 is 1.25 bits per heavy atom. The SMILES string of the molecule is CCc1cn(CC(=O)Nc2ccccc2)c(=O)[nH]c1=O. The first kappa shape index (κ1) is 13.8. The lowest BCUT2D eigenvalue weighted by Gasteiger charge is -2.08. The molecular formula is C14H15N3O3. The minimum absolute atomic E-state index is 0.141. The van der Waals surface area contributed by atoms with Crippen LogP contribution in [0.4, 0.5) is 5.69 Å². The first-order valence-corrected chi connectivity index (χ1v) is 6.27. The van der Waals surface area contributed by atoms with Gasteiger partial charge in [-0.3, -0.25) is 19.1 Å². The van der Waals surface area contributed by atoms with Gasteiger partial charge in [0, 0.05) is 17.4 Å². The molecule has 0 unspecified atom stereocenters. The number of benzene rings is 1. The maximum Gasteiger partial charge on any atom is 0.328 e. The summed E-state index contributed by atoms with van der Waals surface area (Å²) >= 11 is 0. The van der Waals surface area contributed by atoms with Crippen LogP contribution in [0.25, 0.3) is 0 Å². The van der Waals surface area contributed by atoms with Gasteiger partial charge in [0.05, 0.1) is 0 Å². The molecule has 1 heterocycles. The summed E-state index contributed by atoms with van der Waals surface area (Å²) in [7, 11) is 0.